The van der Waals surface area contributed by atoms with Crippen molar-refractivity contribution in [3.8, 4) is 0 Å². The summed E-state index contributed by atoms with van der Waals surface area (Å²) >= 11 is 0. The summed E-state index contributed by atoms with van der Waals surface area (Å²) in [4.78, 5) is 20.2. The highest BCUT2D eigenvalue weighted by Gasteiger charge is 2.03. The number of guanidine groups is 1. The van der Waals surface area contributed by atoms with Gasteiger partial charge in [0, 0.05) is 38.6 Å². The van der Waals surface area contributed by atoms with E-state index in [0.29, 0.717) is 18.7 Å². The Morgan fingerprint density at radius 1 is 1.23 bits per heavy atom. The van der Waals surface area contributed by atoms with Gasteiger partial charge in [0.25, 0.3) is 5.91 Å². The Bertz CT molecular complexity index is 439. The van der Waals surface area contributed by atoms with E-state index in [9.17, 15) is 4.79 Å². The molecule has 0 aliphatic heterocycles. The van der Waals surface area contributed by atoms with E-state index in [1.54, 1.807) is 24.5 Å². The van der Waals surface area contributed by atoms with Crippen molar-refractivity contribution >= 4 is 35.8 Å². The van der Waals surface area contributed by atoms with Gasteiger partial charge in [0.15, 0.2) is 5.96 Å². The van der Waals surface area contributed by atoms with Gasteiger partial charge in [-0.25, -0.2) is 0 Å². The maximum atomic E-state index is 11.8. The van der Waals surface area contributed by atoms with Crippen LogP contribution in [-0.2, 0) is 0 Å². The quantitative estimate of drug-likeness (QED) is 0.260. The summed E-state index contributed by atoms with van der Waals surface area (Å²) in [6.45, 7) is 6.97. The molecule has 1 aromatic rings. The van der Waals surface area contributed by atoms with Gasteiger partial charge in [0.05, 0.1) is 5.56 Å². The number of halogens is 1. The number of carbonyl (C=O) groups is 1. The molecule has 0 aliphatic rings. The summed E-state index contributed by atoms with van der Waals surface area (Å²) in [7, 11) is 0. The van der Waals surface area contributed by atoms with Gasteiger partial charge in [-0.15, -0.1) is 24.0 Å². The molecule has 7 heteroatoms. The summed E-state index contributed by atoms with van der Waals surface area (Å²) in [5.74, 6) is 0.680. The van der Waals surface area contributed by atoms with Crippen LogP contribution in [0.2, 0.25) is 0 Å². The monoisotopic (exact) mass is 419 g/mol. The third-order valence-electron chi connectivity index (χ3n) is 2.75. The Hall–Kier alpha value is -1.38. The molecule has 0 radical (unpaired) electrons. The lowest BCUT2D eigenvalue weighted by molar-refractivity contribution is 0.0954. The van der Waals surface area contributed by atoms with Crippen LogP contribution in [0.15, 0.2) is 29.5 Å². The second-order valence-corrected chi connectivity index (χ2v) is 4.54. The molecular formula is C15H26IN5O. The zero-order valence-corrected chi connectivity index (χ0v) is 15.6. The van der Waals surface area contributed by atoms with E-state index in [0.717, 1.165) is 31.9 Å². The summed E-state index contributed by atoms with van der Waals surface area (Å²) in [5, 5.41) is 9.21. The molecule has 1 rings (SSSR count). The molecule has 0 saturated heterocycles. The van der Waals surface area contributed by atoms with E-state index in [1.165, 1.54) is 0 Å². The molecule has 0 bridgehead atoms. The maximum absolute atomic E-state index is 11.8. The molecule has 6 nitrogen and oxygen atoms in total. The zero-order chi connectivity index (χ0) is 15.3. The minimum absolute atomic E-state index is 0. The van der Waals surface area contributed by atoms with Crippen LogP contribution >= 0.6 is 24.0 Å². The van der Waals surface area contributed by atoms with Crippen LogP contribution in [0, 0.1) is 0 Å². The number of nitrogens with zero attached hydrogens (tertiary/aromatic N) is 2. The smallest absolute Gasteiger partial charge is 0.252 e. The molecule has 1 aromatic heterocycles. The Balaban J connectivity index is 0.00000441. The van der Waals surface area contributed by atoms with Crippen LogP contribution in [0.3, 0.4) is 0 Å². The highest BCUT2D eigenvalue weighted by molar-refractivity contribution is 14.0. The highest BCUT2D eigenvalue weighted by Crippen LogP contribution is 1.94. The molecule has 22 heavy (non-hydrogen) atoms. The first-order valence-corrected chi connectivity index (χ1v) is 7.48. The number of carbonyl (C=O) groups excluding carboxylic acids is 1. The maximum Gasteiger partial charge on any atom is 0.252 e. The number of hydrogen-bond donors (Lipinski definition) is 3. The van der Waals surface area contributed by atoms with E-state index in [1.807, 2.05) is 6.92 Å². The number of hydrogen-bond acceptors (Lipinski definition) is 3. The lowest BCUT2D eigenvalue weighted by atomic mass is 10.3. The first kappa shape index (κ1) is 20.6. The normalized spacial score (nSPS) is 10.5. The molecule has 1 amide bonds. The van der Waals surface area contributed by atoms with Crippen molar-refractivity contribution in [3.05, 3.63) is 30.1 Å². The van der Waals surface area contributed by atoms with E-state index in [2.05, 4.69) is 32.9 Å². The molecule has 1 heterocycles. The van der Waals surface area contributed by atoms with Crippen LogP contribution in [0.4, 0.5) is 0 Å². The largest absolute Gasteiger partial charge is 0.357 e. The zero-order valence-electron chi connectivity index (χ0n) is 13.3. The summed E-state index contributed by atoms with van der Waals surface area (Å²) in [5.41, 5.74) is 0.570. The molecular weight excluding hydrogens is 393 g/mol. The van der Waals surface area contributed by atoms with Crippen molar-refractivity contribution < 1.29 is 4.79 Å². The van der Waals surface area contributed by atoms with Crippen molar-refractivity contribution in [1.82, 2.24) is 20.9 Å². The Morgan fingerprint density at radius 3 is 2.64 bits per heavy atom. The van der Waals surface area contributed by atoms with Gasteiger partial charge in [-0.3, -0.25) is 14.8 Å². The third kappa shape index (κ3) is 8.81. The first-order valence-electron chi connectivity index (χ1n) is 7.48. The lowest BCUT2D eigenvalue weighted by Gasteiger charge is -2.11. The number of rotatable bonds is 8. The molecule has 0 aliphatic carbocycles. The number of pyridine rings is 1. The summed E-state index contributed by atoms with van der Waals surface area (Å²) in [6.07, 6.45) is 5.41. The van der Waals surface area contributed by atoms with Gasteiger partial charge in [-0.2, -0.15) is 0 Å². The van der Waals surface area contributed by atoms with Crippen LogP contribution in [0.5, 0.6) is 0 Å². The fourth-order valence-electron chi connectivity index (χ4n) is 1.65. The Labute approximate surface area is 149 Å². The van der Waals surface area contributed by atoms with E-state index in [4.69, 9.17) is 0 Å². The lowest BCUT2D eigenvalue weighted by Crippen LogP contribution is -2.41. The minimum atomic E-state index is -0.113. The molecule has 0 saturated carbocycles. The molecule has 0 unspecified atom stereocenters. The van der Waals surface area contributed by atoms with Crippen molar-refractivity contribution in [1.29, 1.82) is 0 Å². The molecule has 0 fully saturated rings. The SMILES string of the molecule is CCCCN=C(NCC)NCCNC(=O)c1cccnc1.I. The minimum Gasteiger partial charge on any atom is -0.357 e. The molecule has 3 N–H and O–H groups in total. The number of nitrogens with one attached hydrogen (secondary N) is 3. The third-order valence-corrected chi connectivity index (χ3v) is 2.75. The van der Waals surface area contributed by atoms with Crippen LogP contribution in [0.25, 0.3) is 0 Å². The van der Waals surface area contributed by atoms with Crippen LogP contribution < -0.4 is 16.0 Å². The Morgan fingerprint density at radius 2 is 2.00 bits per heavy atom. The average molecular weight is 419 g/mol. The van der Waals surface area contributed by atoms with Gasteiger partial charge in [-0.1, -0.05) is 13.3 Å². The topological polar surface area (TPSA) is 78.4 Å². The standard InChI is InChI=1S/C15H25N5O.HI/c1-3-5-9-19-15(17-4-2)20-11-10-18-14(21)13-7-6-8-16-12-13;/h6-8,12H,3-5,9-11H2,1-2H3,(H,18,21)(H2,17,19,20);1H. The van der Waals surface area contributed by atoms with Gasteiger partial charge >= 0.3 is 0 Å². The number of amides is 1. The molecule has 0 aromatic carbocycles. The molecule has 124 valence electrons. The summed E-state index contributed by atoms with van der Waals surface area (Å²) in [6, 6.07) is 3.49. The van der Waals surface area contributed by atoms with Crippen molar-refractivity contribution in [3.63, 3.8) is 0 Å². The van der Waals surface area contributed by atoms with Crippen molar-refractivity contribution in [2.24, 2.45) is 4.99 Å². The van der Waals surface area contributed by atoms with Crippen molar-refractivity contribution in [2.75, 3.05) is 26.2 Å². The molecule has 0 spiro atoms. The number of unbranched alkanes of at least 4 members (excludes halogenated alkanes) is 1. The highest BCUT2D eigenvalue weighted by atomic mass is 127. The fraction of sp³-hybridized carbons (Fsp3) is 0.533. The van der Waals surface area contributed by atoms with Crippen molar-refractivity contribution in [2.45, 2.75) is 26.7 Å². The van der Waals surface area contributed by atoms with E-state index >= 15 is 0 Å². The number of aliphatic imine (C=N–C) groups is 1. The predicted octanol–water partition coefficient (Wildman–Crippen LogP) is 1.78. The van der Waals surface area contributed by atoms with Gasteiger partial charge in [-0.05, 0) is 25.5 Å². The Kier molecular flexibility index (Phi) is 12.5. The van der Waals surface area contributed by atoms with E-state index < -0.39 is 0 Å². The first-order chi connectivity index (χ1) is 10.3. The predicted molar refractivity (Wildman–Crippen MR) is 101 cm³/mol. The van der Waals surface area contributed by atoms with Gasteiger partial charge in [0.2, 0.25) is 0 Å². The fourth-order valence-corrected chi connectivity index (χ4v) is 1.65. The van der Waals surface area contributed by atoms with Gasteiger partial charge in [0.1, 0.15) is 0 Å². The van der Waals surface area contributed by atoms with Gasteiger partial charge < -0.3 is 16.0 Å². The second-order valence-electron chi connectivity index (χ2n) is 4.54. The van der Waals surface area contributed by atoms with Crippen LogP contribution in [-0.4, -0.2) is 43.0 Å². The summed E-state index contributed by atoms with van der Waals surface area (Å²) < 4.78 is 0. The van der Waals surface area contributed by atoms with E-state index in [-0.39, 0.29) is 29.9 Å². The second kappa shape index (κ2) is 13.3. The molecule has 0 atom stereocenters. The van der Waals surface area contributed by atoms with Crippen LogP contribution in [0.1, 0.15) is 37.0 Å². The number of aromatic nitrogens is 1. The average Bonchev–Trinajstić information content (AvgIpc) is 2.52.